The molecule has 32 heavy (non-hydrogen) atoms. The number of carbonyl (C=O) groups excluding carboxylic acids is 1. The third kappa shape index (κ3) is 7.04. The molecule has 0 bridgehead atoms. The quantitative estimate of drug-likeness (QED) is 0.303. The number of carbonyl (C=O) groups is 1. The standard InChI is InChI=1S/C28H32BrNO2/c1-21(23-14-9-6-10-15-23)30(20-22-12-7-5-8-13-22)26(19-27(31)32-28(2,3)4)24-16-11-17-25(29)18-24/h5-18,21,26H,19-20H2,1-4H3/t21-,26+/m0/s1/i19D/t19-,21+,26-/m1. The van der Waals surface area contributed by atoms with E-state index in [0.717, 1.165) is 21.2 Å². The van der Waals surface area contributed by atoms with Crippen molar-refractivity contribution in [2.24, 2.45) is 0 Å². The summed E-state index contributed by atoms with van der Waals surface area (Å²) < 4.78 is 15.6. The first-order chi connectivity index (χ1) is 15.7. The van der Waals surface area contributed by atoms with E-state index < -0.39 is 24.0 Å². The monoisotopic (exact) mass is 494 g/mol. The van der Waals surface area contributed by atoms with Crippen LogP contribution < -0.4 is 0 Å². The van der Waals surface area contributed by atoms with Crippen molar-refractivity contribution in [3.05, 3.63) is 106 Å². The highest BCUT2D eigenvalue weighted by atomic mass is 79.9. The number of halogens is 1. The minimum Gasteiger partial charge on any atom is -0.460 e. The summed E-state index contributed by atoms with van der Waals surface area (Å²) in [6.07, 6.45) is -1.12. The second-order valence-electron chi connectivity index (χ2n) is 8.94. The van der Waals surface area contributed by atoms with Crippen LogP contribution in [-0.4, -0.2) is 16.5 Å². The van der Waals surface area contributed by atoms with Gasteiger partial charge in [-0.2, -0.15) is 0 Å². The Morgan fingerprint density at radius 2 is 1.56 bits per heavy atom. The molecule has 0 aliphatic rings. The van der Waals surface area contributed by atoms with E-state index in [1.807, 2.05) is 81.4 Å². The van der Waals surface area contributed by atoms with Crippen molar-refractivity contribution >= 4 is 21.9 Å². The highest BCUT2D eigenvalue weighted by Gasteiger charge is 2.30. The van der Waals surface area contributed by atoms with Crippen molar-refractivity contribution in [3.63, 3.8) is 0 Å². The average Bonchev–Trinajstić information content (AvgIpc) is 2.78. The van der Waals surface area contributed by atoms with Crippen molar-refractivity contribution < 1.29 is 10.9 Å². The summed E-state index contributed by atoms with van der Waals surface area (Å²) in [6, 6.07) is 27.7. The number of rotatable bonds is 8. The maximum atomic E-state index is 13.1. The predicted molar refractivity (Wildman–Crippen MR) is 134 cm³/mol. The zero-order valence-electron chi connectivity index (χ0n) is 20.2. The Kier molecular flexibility index (Phi) is 7.77. The van der Waals surface area contributed by atoms with E-state index in [1.54, 1.807) is 0 Å². The molecule has 0 radical (unpaired) electrons. The van der Waals surface area contributed by atoms with E-state index in [-0.39, 0.29) is 6.04 Å². The van der Waals surface area contributed by atoms with Crippen molar-refractivity contribution in [1.82, 2.24) is 4.90 Å². The lowest BCUT2D eigenvalue weighted by molar-refractivity contribution is -0.156. The van der Waals surface area contributed by atoms with E-state index >= 15 is 0 Å². The van der Waals surface area contributed by atoms with Gasteiger partial charge < -0.3 is 4.74 Å². The van der Waals surface area contributed by atoms with Gasteiger partial charge in [0.05, 0.1) is 6.40 Å². The topological polar surface area (TPSA) is 29.5 Å². The minimum absolute atomic E-state index is 0.0364. The van der Waals surface area contributed by atoms with Gasteiger partial charge in [-0.05, 0) is 56.5 Å². The van der Waals surface area contributed by atoms with Crippen LogP contribution in [0.4, 0.5) is 0 Å². The van der Waals surface area contributed by atoms with Crippen LogP contribution in [0.3, 0.4) is 0 Å². The van der Waals surface area contributed by atoms with Crippen LogP contribution in [0, 0.1) is 0 Å². The van der Waals surface area contributed by atoms with Crippen LogP contribution in [-0.2, 0) is 16.1 Å². The summed E-state index contributed by atoms with van der Waals surface area (Å²) in [5.41, 5.74) is 2.49. The molecule has 3 atom stereocenters. The maximum Gasteiger partial charge on any atom is 0.308 e. The SMILES string of the molecule is [2H][C@@H](C(=O)OC(C)(C)C)[C@H](c1cccc(Br)c1)N(Cc1ccccc1)[C@@H](C)c1ccccc1. The second-order valence-corrected chi connectivity index (χ2v) is 9.86. The lowest BCUT2D eigenvalue weighted by atomic mass is 9.96. The third-order valence-electron chi connectivity index (χ3n) is 5.24. The molecule has 0 saturated carbocycles. The van der Waals surface area contributed by atoms with Crippen LogP contribution in [0.5, 0.6) is 0 Å². The lowest BCUT2D eigenvalue weighted by Gasteiger charge is -2.37. The first kappa shape index (κ1) is 22.8. The van der Waals surface area contributed by atoms with E-state index in [1.165, 1.54) is 0 Å². The molecule has 0 spiro atoms. The van der Waals surface area contributed by atoms with Crippen LogP contribution in [0.2, 0.25) is 0 Å². The van der Waals surface area contributed by atoms with Crippen LogP contribution in [0.25, 0.3) is 0 Å². The fraction of sp³-hybridized carbons (Fsp3) is 0.321. The lowest BCUT2D eigenvalue weighted by Crippen LogP contribution is -2.34. The molecule has 0 aromatic heterocycles. The van der Waals surface area contributed by atoms with Crippen LogP contribution in [0.1, 0.15) is 64.2 Å². The molecule has 0 fully saturated rings. The van der Waals surface area contributed by atoms with Gasteiger partial charge in [0.2, 0.25) is 0 Å². The Morgan fingerprint density at radius 3 is 2.16 bits per heavy atom. The number of hydrogen-bond donors (Lipinski definition) is 0. The summed E-state index contributed by atoms with van der Waals surface area (Å²) in [6.45, 7) is 8.22. The van der Waals surface area contributed by atoms with Gasteiger partial charge in [-0.15, -0.1) is 0 Å². The van der Waals surface area contributed by atoms with Gasteiger partial charge in [0.1, 0.15) is 5.60 Å². The van der Waals surface area contributed by atoms with E-state index in [2.05, 4.69) is 52.0 Å². The van der Waals surface area contributed by atoms with E-state index in [4.69, 9.17) is 6.11 Å². The van der Waals surface area contributed by atoms with Gasteiger partial charge in [-0.3, -0.25) is 9.69 Å². The molecule has 0 saturated heterocycles. The number of benzene rings is 3. The number of esters is 1. The van der Waals surface area contributed by atoms with Gasteiger partial charge >= 0.3 is 5.97 Å². The average molecular weight is 495 g/mol. The molecule has 3 aromatic rings. The number of hydrogen-bond acceptors (Lipinski definition) is 3. The highest BCUT2D eigenvalue weighted by molar-refractivity contribution is 9.10. The van der Waals surface area contributed by atoms with Gasteiger partial charge in [0, 0.05) is 24.5 Å². The van der Waals surface area contributed by atoms with E-state index in [0.29, 0.717) is 6.54 Å². The van der Waals surface area contributed by atoms with Gasteiger partial charge in [0.25, 0.3) is 0 Å². The number of ether oxygens (including phenoxy) is 1. The van der Waals surface area contributed by atoms with Crippen molar-refractivity contribution in [3.8, 4) is 0 Å². The molecule has 3 nitrogen and oxygen atoms in total. The Morgan fingerprint density at radius 1 is 0.969 bits per heavy atom. The molecule has 0 N–H and O–H groups in total. The van der Waals surface area contributed by atoms with Crippen LogP contribution in [0.15, 0.2) is 89.4 Å². The molecule has 0 aliphatic carbocycles. The maximum absolute atomic E-state index is 13.1. The Hall–Kier alpha value is -2.43. The largest absolute Gasteiger partial charge is 0.460 e. The van der Waals surface area contributed by atoms with E-state index in [9.17, 15) is 4.79 Å². The molecule has 0 unspecified atom stereocenters. The Bertz CT molecular complexity index is 1040. The molecule has 168 valence electrons. The van der Waals surface area contributed by atoms with Crippen LogP contribution >= 0.6 is 15.9 Å². The van der Waals surface area contributed by atoms with Gasteiger partial charge in [-0.1, -0.05) is 88.7 Å². The Balaban J connectivity index is 2.10. The van der Waals surface area contributed by atoms with Gasteiger partial charge in [-0.25, -0.2) is 0 Å². The first-order valence-electron chi connectivity index (χ1n) is 11.5. The van der Waals surface area contributed by atoms with Crippen molar-refractivity contribution in [2.75, 3.05) is 0 Å². The molecule has 4 heteroatoms. The summed E-state index contributed by atoms with van der Waals surface area (Å²) in [4.78, 5) is 15.4. The molecule has 0 aliphatic heterocycles. The fourth-order valence-corrected chi connectivity index (χ4v) is 4.15. The van der Waals surface area contributed by atoms with Gasteiger partial charge in [0.15, 0.2) is 0 Å². The summed E-state index contributed by atoms with van der Waals surface area (Å²) in [7, 11) is 0. The van der Waals surface area contributed by atoms with Crippen molar-refractivity contribution in [1.29, 1.82) is 0 Å². The summed E-state index contributed by atoms with van der Waals surface area (Å²) >= 11 is 3.57. The molecule has 3 rings (SSSR count). The summed E-state index contributed by atoms with van der Waals surface area (Å²) in [5, 5.41) is 0. The highest BCUT2D eigenvalue weighted by Crippen LogP contribution is 2.36. The molecular formula is C28H32BrNO2. The zero-order valence-corrected chi connectivity index (χ0v) is 20.7. The fourth-order valence-electron chi connectivity index (χ4n) is 3.73. The third-order valence-corrected chi connectivity index (χ3v) is 5.73. The molecular weight excluding hydrogens is 462 g/mol. The normalized spacial score (nSPS) is 15.0. The molecule has 0 amide bonds. The first-order valence-corrected chi connectivity index (χ1v) is 11.7. The zero-order chi connectivity index (χ0) is 24.0. The molecule has 0 heterocycles. The number of nitrogens with zero attached hydrogens (tertiary/aromatic N) is 1. The predicted octanol–water partition coefficient (Wildman–Crippen LogP) is 7.49. The Labute approximate surface area is 202 Å². The summed E-state index contributed by atoms with van der Waals surface area (Å²) in [5.74, 6) is -0.522. The minimum atomic E-state index is -1.12. The second kappa shape index (κ2) is 10.9. The molecule has 3 aromatic carbocycles. The van der Waals surface area contributed by atoms with Crippen molar-refractivity contribution in [2.45, 2.75) is 58.3 Å². The smallest absolute Gasteiger partial charge is 0.308 e.